The Kier molecular flexibility index (Phi) is 4.32. The Balaban J connectivity index is 1.58. The van der Waals surface area contributed by atoms with Crippen LogP contribution in [0.2, 0.25) is 5.02 Å². The molecule has 1 spiro atoms. The molecule has 21 heavy (non-hydrogen) atoms. The first-order valence-electron chi connectivity index (χ1n) is 7.50. The van der Waals surface area contributed by atoms with E-state index in [-0.39, 0.29) is 11.3 Å². The van der Waals surface area contributed by atoms with E-state index >= 15 is 0 Å². The van der Waals surface area contributed by atoms with Crippen LogP contribution < -0.4 is 5.32 Å². The van der Waals surface area contributed by atoms with Crippen LogP contribution in [0.25, 0.3) is 6.08 Å². The van der Waals surface area contributed by atoms with E-state index in [1.807, 2.05) is 24.3 Å². The molecule has 0 radical (unpaired) electrons. The molecule has 1 aliphatic carbocycles. The minimum absolute atomic E-state index is 0.0366. The minimum Gasteiger partial charge on any atom is -0.381 e. The van der Waals surface area contributed by atoms with Gasteiger partial charge in [0.15, 0.2) is 0 Å². The lowest BCUT2D eigenvalue weighted by molar-refractivity contribution is -0.122. The summed E-state index contributed by atoms with van der Waals surface area (Å²) in [6.07, 6.45) is 7.75. The molecule has 2 fully saturated rings. The lowest BCUT2D eigenvalue weighted by atomic mass is 9.60. The summed E-state index contributed by atoms with van der Waals surface area (Å²) in [5.41, 5.74) is 1.15. The van der Waals surface area contributed by atoms with Gasteiger partial charge in [0, 0.05) is 30.4 Å². The minimum atomic E-state index is -0.0366. The molecule has 1 N–H and O–H groups in total. The van der Waals surface area contributed by atoms with Crippen LogP contribution in [-0.2, 0) is 9.53 Å². The molecule has 1 unspecified atom stereocenters. The molecular formula is C17H20ClNO2. The van der Waals surface area contributed by atoms with Crippen molar-refractivity contribution in [2.24, 2.45) is 5.41 Å². The monoisotopic (exact) mass is 305 g/mol. The number of benzene rings is 1. The highest BCUT2D eigenvalue weighted by molar-refractivity contribution is 6.32. The van der Waals surface area contributed by atoms with Gasteiger partial charge in [-0.25, -0.2) is 0 Å². The van der Waals surface area contributed by atoms with Crippen LogP contribution in [0.4, 0.5) is 0 Å². The van der Waals surface area contributed by atoms with Crippen LogP contribution in [-0.4, -0.2) is 25.2 Å². The van der Waals surface area contributed by atoms with Gasteiger partial charge in [-0.1, -0.05) is 29.8 Å². The van der Waals surface area contributed by atoms with Crippen LogP contribution >= 0.6 is 11.6 Å². The molecule has 1 aromatic carbocycles. The molecule has 1 atom stereocenters. The summed E-state index contributed by atoms with van der Waals surface area (Å²) < 4.78 is 5.43. The zero-order valence-electron chi connectivity index (χ0n) is 12.0. The fraction of sp³-hybridized carbons (Fsp3) is 0.471. The molecule has 1 saturated heterocycles. The average Bonchev–Trinajstić information content (AvgIpc) is 2.51. The lowest BCUT2D eigenvalue weighted by Gasteiger charge is -2.51. The summed E-state index contributed by atoms with van der Waals surface area (Å²) in [5.74, 6) is -0.0366. The Labute approximate surface area is 130 Å². The molecule has 1 saturated carbocycles. The van der Waals surface area contributed by atoms with Gasteiger partial charge >= 0.3 is 0 Å². The van der Waals surface area contributed by atoms with Crippen LogP contribution in [0.1, 0.15) is 31.2 Å². The Morgan fingerprint density at radius 2 is 2.05 bits per heavy atom. The van der Waals surface area contributed by atoms with Crippen LogP contribution in [0.5, 0.6) is 0 Å². The first-order valence-corrected chi connectivity index (χ1v) is 7.88. The summed E-state index contributed by atoms with van der Waals surface area (Å²) in [7, 11) is 0. The quantitative estimate of drug-likeness (QED) is 0.869. The predicted octanol–water partition coefficient (Wildman–Crippen LogP) is 3.43. The second-order valence-corrected chi connectivity index (χ2v) is 6.34. The molecule has 3 nitrogen and oxygen atoms in total. The number of carbonyl (C=O) groups excluding carboxylic acids is 1. The molecule has 1 aliphatic heterocycles. The normalized spacial score (nSPS) is 24.0. The number of nitrogens with one attached hydrogen (secondary N) is 1. The molecule has 3 rings (SSSR count). The van der Waals surface area contributed by atoms with Crippen LogP contribution in [0.15, 0.2) is 30.3 Å². The fourth-order valence-corrected chi connectivity index (χ4v) is 3.49. The van der Waals surface area contributed by atoms with Crippen LogP contribution in [0, 0.1) is 5.41 Å². The van der Waals surface area contributed by atoms with Crippen LogP contribution in [0.3, 0.4) is 0 Å². The molecule has 0 aromatic heterocycles. The summed E-state index contributed by atoms with van der Waals surface area (Å²) in [6.45, 7) is 1.64. The highest BCUT2D eigenvalue weighted by atomic mass is 35.5. The number of halogens is 1. The molecule has 1 amide bonds. The number of hydrogen-bond donors (Lipinski definition) is 1. The van der Waals surface area contributed by atoms with Gasteiger partial charge < -0.3 is 10.1 Å². The van der Waals surface area contributed by atoms with E-state index < -0.39 is 0 Å². The summed E-state index contributed by atoms with van der Waals surface area (Å²) in [4.78, 5) is 12.1. The van der Waals surface area contributed by atoms with E-state index in [4.69, 9.17) is 16.3 Å². The van der Waals surface area contributed by atoms with Crippen molar-refractivity contribution in [1.82, 2.24) is 5.32 Å². The molecule has 1 heterocycles. The molecular weight excluding hydrogens is 286 g/mol. The Bertz CT molecular complexity index is 549. The number of ether oxygens (including phenoxy) is 1. The zero-order chi connectivity index (χ0) is 14.7. The summed E-state index contributed by atoms with van der Waals surface area (Å²) in [5, 5.41) is 3.80. The summed E-state index contributed by atoms with van der Waals surface area (Å²) in [6, 6.07) is 7.80. The van der Waals surface area contributed by atoms with Crippen molar-refractivity contribution >= 4 is 23.6 Å². The average molecular weight is 306 g/mol. The number of carbonyl (C=O) groups is 1. The van der Waals surface area contributed by atoms with E-state index in [2.05, 4.69) is 5.32 Å². The topological polar surface area (TPSA) is 38.3 Å². The summed E-state index contributed by atoms with van der Waals surface area (Å²) >= 11 is 6.07. The lowest BCUT2D eigenvalue weighted by Crippen LogP contribution is -2.56. The van der Waals surface area contributed by atoms with E-state index in [9.17, 15) is 4.79 Å². The largest absolute Gasteiger partial charge is 0.381 e. The number of hydrogen-bond acceptors (Lipinski definition) is 2. The maximum absolute atomic E-state index is 12.1. The van der Waals surface area contributed by atoms with Gasteiger partial charge in [0.1, 0.15) is 0 Å². The second kappa shape index (κ2) is 6.20. The van der Waals surface area contributed by atoms with Gasteiger partial charge in [0.25, 0.3) is 0 Å². The van der Waals surface area contributed by atoms with Gasteiger partial charge in [0.2, 0.25) is 5.91 Å². The molecule has 2 aliphatic rings. The van der Waals surface area contributed by atoms with Gasteiger partial charge in [-0.05, 0) is 48.8 Å². The first-order chi connectivity index (χ1) is 10.2. The smallest absolute Gasteiger partial charge is 0.244 e. The Morgan fingerprint density at radius 3 is 2.71 bits per heavy atom. The molecule has 112 valence electrons. The molecule has 0 bridgehead atoms. The third-order valence-electron chi connectivity index (χ3n) is 4.79. The van der Waals surface area contributed by atoms with Crippen molar-refractivity contribution in [2.45, 2.75) is 31.7 Å². The zero-order valence-corrected chi connectivity index (χ0v) is 12.7. The molecule has 4 heteroatoms. The van der Waals surface area contributed by atoms with E-state index in [0.29, 0.717) is 11.1 Å². The maximum atomic E-state index is 12.1. The predicted molar refractivity (Wildman–Crippen MR) is 84.1 cm³/mol. The highest BCUT2D eigenvalue weighted by Gasteiger charge is 2.47. The van der Waals surface area contributed by atoms with E-state index in [0.717, 1.165) is 38.0 Å². The Hall–Kier alpha value is -1.32. The number of amides is 1. The van der Waals surface area contributed by atoms with Gasteiger partial charge in [0.05, 0.1) is 0 Å². The van der Waals surface area contributed by atoms with Gasteiger partial charge in [-0.2, -0.15) is 0 Å². The molecule has 1 aromatic rings. The van der Waals surface area contributed by atoms with Crippen molar-refractivity contribution in [3.63, 3.8) is 0 Å². The third kappa shape index (κ3) is 3.14. The maximum Gasteiger partial charge on any atom is 0.244 e. The first kappa shape index (κ1) is 14.6. The SMILES string of the molecule is O=C(/C=C/c1ccccc1Cl)NC1CCC12CCOCC2. The standard InChI is InChI=1S/C17H20ClNO2/c18-14-4-2-1-3-13(14)5-6-16(20)19-15-7-8-17(15)9-11-21-12-10-17/h1-6,15H,7-12H2,(H,19,20)/b6-5+. The van der Waals surface area contributed by atoms with Crippen molar-refractivity contribution < 1.29 is 9.53 Å². The van der Waals surface area contributed by atoms with Crippen molar-refractivity contribution in [3.8, 4) is 0 Å². The van der Waals surface area contributed by atoms with Crippen molar-refractivity contribution in [1.29, 1.82) is 0 Å². The van der Waals surface area contributed by atoms with Crippen molar-refractivity contribution in [3.05, 3.63) is 40.9 Å². The fourth-order valence-electron chi connectivity index (χ4n) is 3.29. The number of rotatable bonds is 3. The Morgan fingerprint density at radius 1 is 1.29 bits per heavy atom. The van der Waals surface area contributed by atoms with Gasteiger partial charge in [-0.3, -0.25) is 4.79 Å². The third-order valence-corrected chi connectivity index (χ3v) is 5.14. The van der Waals surface area contributed by atoms with Crippen molar-refractivity contribution in [2.75, 3.05) is 13.2 Å². The van der Waals surface area contributed by atoms with Gasteiger partial charge in [-0.15, -0.1) is 0 Å². The van der Waals surface area contributed by atoms with E-state index in [1.165, 1.54) is 6.42 Å². The second-order valence-electron chi connectivity index (χ2n) is 5.93. The highest BCUT2D eigenvalue weighted by Crippen LogP contribution is 2.48. The van der Waals surface area contributed by atoms with E-state index in [1.54, 1.807) is 12.2 Å².